The van der Waals surface area contributed by atoms with E-state index in [1.54, 1.807) is 0 Å². The zero-order chi connectivity index (χ0) is 8.69. The zero-order valence-electron chi connectivity index (χ0n) is 6.89. The Morgan fingerprint density at radius 2 is 2.36 bits per heavy atom. The van der Waals surface area contributed by atoms with Crippen LogP contribution in [-0.2, 0) is 4.74 Å². The second kappa shape index (κ2) is 5.94. The summed E-state index contributed by atoms with van der Waals surface area (Å²) in [5.74, 6) is 4.83. The lowest BCUT2D eigenvalue weighted by Crippen LogP contribution is -2.42. The van der Waals surface area contributed by atoms with Crippen molar-refractivity contribution in [2.45, 2.75) is 20.0 Å². The lowest BCUT2D eigenvalue weighted by molar-refractivity contribution is 0.0776. The maximum atomic E-state index is 10.5. The van der Waals surface area contributed by atoms with Gasteiger partial charge >= 0.3 is 6.03 Å². The number of hydrogen-bond donors (Lipinski definition) is 3. The van der Waals surface area contributed by atoms with Crippen molar-refractivity contribution < 1.29 is 9.53 Å². The van der Waals surface area contributed by atoms with Crippen LogP contribution < -0.4 is 16.6 Å². The van der Waals surface area contributed by atoms with E-state index in [0.29, 0.717) is 13.2 Å². The van der Waals surface area contributed by atoms with Crippen LogP contribution in [0.25, 0.3) is 0 Å². The molecule has 0 saturated heterocycles. The largest absolute Gasteiger partial charge is 0.377 e. The van der Waals surface area contributed by atoms with Gasteiger partial charge in [-0.15, -0.1) is 0 Å². The van der Waals surface area contributed by atoms with Crippen molar-refractivity contribution in [1.82, 2.24) is 10.7 Å². The van der Waals surface area contributed by atoms with Crippen LogP contribution in [-0.4, -0.2) is 25.3 Å². The summed E-state index contributed by atoms with van der Waals surface area (Å²) in [6, 6.07) is -0.392. The van der Waals surface area contributed by atoms with Gasteiger partial charge < -0.3 is 10.1 Å². The Balaban J connectivity index is 3.29. The summed E-state index contributed by atoms with van der Waals surface area (Å²) in [4.78, 5) is 10.5. The van der Waals surface area contributed by atoms with Crippen LogP contribution in [0.4, 0.5) is 4.79 Å². The molecule has 1 unspecified atom stereocenters. The number of carbonyl (C=O) groups excluding carboxylic acids is 1. The highest BCUT2D eigenvalue weighted by Crippen LogP contribution is 1.86. The van der Waals surface area contributed by atoms with E-state index in [4.69, 9.17) is 10.6 Å². The number of hydrogen-bond acceptors (Lipinski definition) is 3. The van der Waals surface area contributed by atoms with Gasteiger partial charge in [0, 0.05) is 13.2 Å². The first-order valence-electron chi connectivity index (χ1n) is 3.56. The summed E-state index contributed by atoms with van der Waals surface area (Å²) in [6.45, 7) is 4.89. The van der Waals surface area contributed by atoms with E-state index in [-0.39, 0.29) is 6.10 Å². The predicted molar refractivity (Wildman–Crippen MR) is 41.8 cm³/mol. The molecule has 0 aromatic carbocycles. The SMILES string of the molecule is CCOC(C)CNC(=O)NN. The van der Waals surface area contributed by atoms with E-state index in [0.717, 1.165) is 0 Å². The Kier molecular flexibility index (Phi) is 5.50. The molecule has 0 aromatic rings. The van der Waals surface area contributed by atoms with Gasteiger partial charge in [-0.25, -0.2) is 10.6 Å². The van der Waals surface area contributed by atoms with Crippen LogP contribution in [0.3, 0.4) is 0 Å². The third-order valence-corrected chi connectivity index (χ3v) is 1.13. The van der Waals surface area contributed by atoms with Crippen LogP contribution in [0, 0.1) is 0 Å². The molecular weight excluding hydrogens is 146 g/mol. The predicted octanol–water partition coefficient (Wildman–Crippen LogP) is -0.416. The molecule has 0 aliphatic carbocycles. The smallest absolute Gasteiger partial charge is 0.328 e. The lowest BCUT2D eigenvalue weighted by atomic mass is 10.4. The molecule has 0 aliphatic heterocycles. The van der Waals surface area contributed by atoms with E-state index in [2.05, 4.69) is 5.32 Å². The summed E-state index contributed by atoms with van der Waals surface area (Å²) in [6.07, 6.45) is 0.0253. The molecule has 5 nitrogen and oxygen atoms in total. The van der Waals surface area contributed by atoms with Gasteiger partial charge in [-0.2, -0.15) is 0 Å². The van der Waals surface area contributed by atoms with Crippen molar-refractivity contribution in [3.8, 4) is 0 Å². The Hall–Kier alpha value is -0.810. The minimum Gasteiger partial charge on any atom is -0.377 e. The third kappa shape index (κ3) is 5.63. The van der Waals surface area contributed by atoms with Gasteiger partial charge in [0.25, 0.3) is 0 Å². The molecule has 0 radical (unpaired) electrons. The van der Waals surface area contributed by atoms with E-state index in [1.807, 2.05) is 19.3 Å². The molecule has 0 heterocycles. The van der Waals surface area contributed by atoms with E-state index in [1.165, 1.54) is 0 Å². The monoisotopic (exact) mass is 161 g/mol. The molecule has 0 rings (SSSR count). The van der Waals surface area contributed by atoms with Crippen molar-refractivity contribution in [2.75, 3.05) is 13.2 Å². The quantitative estimate of drug-likeness (QED) is 0.298. The zero-order valence-corrected chi connectivity index (χ0v) is 6.89. The van der Waals surface area contributed by atoms with Gasteiger partial charge in [0.05, 0.1) is 6.10 Å². The first-order chi connectivity index (χ1) is 5.20. The molecule has 2 amide bonds. The Morgan fingerprint density at radius 1 is 1.73 bits per heavy atom. The Bertz CT molecular complexity index is 118. The summed E-state index contributed by atoms with van der Waals surface area (Å²) < 4.78 is 5.15. The second-order valence-electron chi connectivity index (χ2n) is 2.12. The topological polar surface area (TPSA) is 76.4 Å². The number of ether oxygens (including phenoxy) is 1. The molecule has 66 valence electrons. The minimum atomic E-state index is -0.392. The molecule has 11 heavy (non-hydrogen) atoms. The Labute approximate surface area is 66.2 Å². The van der Waals surface area contributed by atoms with Gasteiger partial charge in [0.15, 0.2) is 0 Å². The first kappa shape index (κ1) is 10.2. The fourth-order valence-corrected chi connectivity index (χ4v) is 0.631. The molecule has 0 fully saturated rings. The molecular formula is C6H15N3O2. The molecule has 0 saturated carbocycles. The van der Waals surface area contributed by atoms with Crippen molar-refractivity contribution in [3.63, 3.8) is 0 Å². The number of urea groups is 1. The van der Waals surface area contributed by atoms with Crippen LogP contribution in [0.2, 0.25) is 0 Å². The van der Waals surface area contributed by atoms with E-state index < -0.39 is 6.03 Å². The van der Waals surface area contributed by atoms with Gasteiger partial charge in [-0.05, 0) is 13.8 Å². The van der Waals surface area contributed by atoms with Crippen LogP contribution in [0.5, 0.6) is 0 Å². The Morgan fingerprint density at radius 3 is 2.82 bits per heavy atom. The number of rotatable bonds is 4. The molecule has 0 spiro atoms. The number of carbonyl (C=O) groups is 1. The van der Waals surface area contributed by atoms with E-state index >= 15 is 0 Å². The summed E-state index contributed by atoms with van der Waals surface area (Å²) in [5.41, 5.74) is 1.96. The van der Waals surface area contributed by atoms with Gasteiger partial charge in [-0.3, -0.25) is 5.43 Å². The van der Waals surface area contributed by atoms with Crippen LogP contribution in [0.1, 0.15) is 13.8 Å². The molecule has 5 heteroatoms. The van der Waals surface area contributed by atoms with Crippen molar-refractivity contribution >= 4 is 6.03 Å². The van der Waals surface area contributed by atoms with Gasteiger partial charge in [0.1, 0.15) is 0 Å². The number of nitrogens with one attached hydrogen (secondary N) is 2. The van der Waals surface area contributed by atoms with Crippen molar-refractivity contribution in [2.24, 2.45) is 5.84 Å². The fourth-order valence-electron chi connectivity index (χ4n) is 0.631. The number of nitrogens with two attached hydrogens (primary N) is 1. The average molecular weight is 161 g/mol. The standard InChI is InChI=1S/C6H15N3O2/c1-3-11-5(2)4-8-6(10)9-7/h5H,3-4,7H2,1-2H3,(H2,8,9,10). The third-order valence-electron chi connectivity index (χ3n) is 1.13. The fraction of sp³-hybridized carbons (Fsp3) is 0.833. The van der Waals surface area contributed by atoms with E-state index in [9.17, 15) is 4.79 Å². The number of hydrazine groups is 1. The normalized spacial score (nSPS) is 12.3. The first-order valence-corrected chi connectivity index (χ1v) is 3.56. The summed E-state index contributed by atoms with van der Waals surface area (Å²) >= 11 is 0. The molecule has 4 N–H and O–H groups in total. The molecule has 0 aromatic heterocycles. The minimum absolute atomic E-state index is 0.0253. The molecule has 1 atom stereocenters. The van der Waals surface area contributed by atoms with Crippen LogP contribution >= 0.6 is 0 Å². The van der Waals surface area contributed by atoms with Gasteiger partial charge in [-0.1, -0.05) is 0 Å². The highest BCUT2D eigenvalue weighted by atomic mass is 16.5. The second-order valence-corrected chi connectivity index (χ2v) is 2.12. The van der Waals surface area contributed by atoms with Gasteiger partial charge in [0.2, 0.25) is 0 Å². The maximum absolute atomic E-state index is 10.5. The summed E-state index contributed by atoms with van der Waals surface area (Å²) in [5, 5.41) is 2.52. The molecule has 0 bridgehead atoms. The highest BCUT2D eigenvalue weighted by molar-refractivity contribution is 5.72. The highest BCUT2D eigenvalue weighted by Gasteiger charge is 2.01. The van der Waals surface area contributed by atoms with Crippen molar-refractivity contribution in [3.05, 3.63) is 0 Å². The lowest BCUT2D eigenvalue weighted by Gasteiger charge is -2.11. The van der Waals surface area contributed by atoms with Crippen LogP contribution in [0.15, 0.2) is 0 Å². The summed E-state index contributed by atoms with van der Waals surface area (Å²) in [7, 11) is 0. The average Bonchev–Trinajstić information content (AvgIpc) is 2.01. The maximum Gasteiger partial charge on any atom is 0.328 e. The van der Waals surface area contributed by atoms with Crippen molar-refractivity contribution in [1.29, 1.82) is 0 Å². The number of amides is 2. The molecule has 0 aliphatic rings.